The number of benzene rings is 1. The van der Waals surface area contributed by atoms with Crippen LogP contribution >= 0.6 is 0 Å². The number of rotatable bonds is 8. The SMILES string of the molecule is CCCOc1ccc(F)cc1C(CC)CC1CC1C(=O)OC. The van der Waals surface area contributed by atoms with Gasteiger partial charge in [-0.05, 0) is 55.7 Å². The molecule has 0 amide bonds. The highest BCUT2D eigenvalue weighted by atomic mass is 19.1. The van der Waals surface area contributed by atoms with Gasteiger partial charge in [-0.1, -0.05) is 13.8 Å². The molecule has 22 heavy (non-hydrogen) atoms. The Kier molecular flexibility index (Phi) is 5.81. The van der Waals surface area contributed by atoms with Crippen molar-refractivity contribution >= 4 is 5.97 Å². The molecule has 0 saturated heterocycles. The molecule has 1 aromatic carbocycles. The van der Waals surface area contributed by atoms with Crippen LogP contribution in [0.4, 0.5) is 4.39 Å². The Morgan fingerprint density at radius 2 is 2.18 bits per heavy atom. The Hall–Kier alpha value is -1.58. The summed E-state index contributed by atoms with van der Waals surface area (Å²) in [5, 5.41) is 0. The van der Waals surface area contributed by atoms with Gasteiger partial charge >= 0.3 is 5.97 Å². The zero-order valence-electron chi connectivity index (χ0n) is 13.6. The van der Waals surface area contributed by atoms with Gasteiger partial charge in [-0.2, -0.15) is 0 Å². The van der Waals surface area contributed by atoms with Crippen LogP contribution in [0.15, 0.2) is 18.2 Å². The summed E-state index contributed by atoms with van der Waals surface area (Å²) in [5.41, 5.74) is 0.923. The van der Waals surface area contributed by atoms with Crippen LogP contribution in [0.3, 0.4) is 0 Å². The Balaban J connectivity index is 2.10. The lowest BCUT2D eigenvalue weighted by molar-refractivity contribution is -0.142. The predicted octanol–water partition coefficient (Wildman–Crippen LogP) is 4.31. The van der Waals surface area contributed by atoms with Gasteiger partial charge in [0.15, 0.2) is 0 Å². The molecule has 1 fully saturated rings. The molecular formula is C18H25FO3. The van der Waals surface area contributed by atoms with Crippen LogP contribution in [-0.2, 0) is 9.53 Å². The largest absolute Gasteiger partial charge is 0.493 e. The van der Waals surface area contributed by atoms with Crippen molar-refractivity contribution < 1.29 is 18.7 Å². The van der Waals surface area contributed by atoms with E-state index in [1.165, 1.54) is 13.2 Å². The van der Waals surface area contributed by atoms with Crippen molar-refractivity contribution in [1.29, 1.82) is 0 Å². The van der Waals surface area contributed by atoms with Gasteiger partial charge in [-0.15, -0.1) is 0 Å². The van der Waals surface area contributed by atoms with Gasteiger partial charge in [0.2, 0.25) is 0 Å². The monoisotopic (exact) mass is 308 g/mol. The minimum absolute atomic E-state index is 0.0209. The molecule has 1 aromatic rings. The topological polar surface area (TPSA) is 35.5 Å². The fraction of sp³-hybridized carbons (Fsp3) is 0.611. The Labute approximate surface area is 131 Å². The zero-order valence-corrected chi connectivity index (χ0v) is 13.6. The van der Waals surface area contributed by atoms with Crippen LogP contribution in [0.1, 0.15) is 51.0 Å². The second-order valence-electron chi connectivity index (χ2n) is 6.00. The number of halogens is 1. The summed E-state index contributed by atoms with van der Waals surface area (Å²) in [6.45, 7) is 4.77. The molecule has 4 heteroatoms. The van der Waals surface area contributed by atoms with Crippen LogP contribution in [0, 0.1) is 17.7 Å². The van der Waals surface area contributed by atoms with E-state index in [-0.39, 0.29) is 23.6 Å². The van der Waals surface area contributed by atoms with Crippen LogP contribution in [0.2, 0.25) is 0 Å². The lowest BCUT2D eigenvalue weighted by atomic mass is 9.90. The molecule has 0 heterocycles. The molecule has 1 aliphatic carbocycles. The molecule has 3 atom stereocenters. The van der Waals surface area contributed by atoms with Crippen molar-refractivity contribution in [2.24, 2.45) is 11.8 Å². The Morgan fingerprint density at radius 1 is 1.41 bits per heavy atom. The third-order valence-corrected chi connectivity index (χ3v) is 4.38. The van der Waals surface area contributed by atoms with E-state index in [0.29, 0.717) is 12.5 Å². The van der Waals surface area contributed by atoms with Gasteiger partial charge in [-0.25, -0.2) is 4.39 Å². The molecule has 3 nitrogen and oxygen atoms in total. The Morgan fingerprint density at radius 3 is 2.82 bits per heavy atom. The predicted molar refractivity (Wildman–Crippen MR) is 83.4 cm³/mol. The third-order valence-electron chi connectivity index (χ3n) is 4.38. The van der Waals surface area contributed by atoms with Gasteiger partial charge in [0, 0.05) is 5.56 Å². The van der Waals surface area contributed by atoms with Crippen molar-refractivity contribution in [3.8, 4) is 5.75 Å². The number of carbonyl (C=O) groups is 1. The van der Waals surface area contributed by atoms with Crippen LogP contribution in [-0.4, -0.2) is 19.7 Å². The van der Waals surface area contributed by atoms with Crippen LogP contribution in [0.5, 0.6) is 5.75 Å². The number of carbonyl (C=O) groups excluding carboxylic acids is 1. The van der Waals surface area contributed by atoms with Gasteiger partial charge < -0.3 is 9.47 Å². The van der Waals surface area contributed by atoms with Gasteiger partial charge in [0.25, 0.3) is 0 Å². The maximum Gasteiger partial charge on any atom is 0.308 e. The van der Waals surface area contributed by atoms with E-state index < -0.39 is 0 Å². The summed E-state index contributed by atoms with van der Waals surface area (Å²) >= 11 is 0. The summed E-state index contributed by atoms with van der Waals surface area (Å²) in [4.78, 5) is 11.5. The first kappa shape index (κ1) is 16.8. The van der Waals surface area contributed by atoms with Crippen molar-refractivity contribution in [3.63, 3.8) is 0 Å². The first-order valence-electron chi connectivity index (χ1n) is 8.10. The molecule has 122 valence electrons. The summed E-state index contributed by atoms with van der Waals surface area (Å²) in [5.74, 6) is 0.985. The molecule has 0 bridgehead atoms. The first-order valence-corrected chi connectivity index (χ1v) is 8.10. The van der Waals surface area contributed by atoms with E-state index in [4.69, 9.17) is 9.47 Å². The number of esters is 1. The third kappa shape index (κ3) is 3.99. The maximum atomic E-state index is 13.6. The quantitative estimate of drug-likeness (QED) is 0.671. The first-order chi connectivity index (χ1) is 10.6. The number of hydrogen-bond acceptors (Lipinski definition) is 3. The molecule has 0 aliphatic heterocycles. The van der Waals surface area contributed by atoms with Crippen LogP contribution < -0.4 is 4.74 Å². The number of methoxy groups -OCH3 is 1. The van der Waals surface area contributed by atoms with Crippen molar-refractivity contribution in [2.75, 3.05) is 13.7 Å². The Bertz CT molecular complexity index is 515. The molecule has 1 aliphatic rings. The van der Waals surface area contributed by atoms with Crippen molar-refractivity contribution in [2.45, 2.75) is 45.4 Å². The zero-order chi connectivity index (χ0) is 16.1. The van der Waals surface area contributed by atoms with E-state index in [1.54, 1.807) is 12.1 Å². The average molecular weight is 308 g/mol. The molecule has 0 aromatic heterocycles. The molecule has 2 rings (SSSR count). The minimum Gasteiger partial charge on any atom is -0.493 e. The van der Waals surface area contributed by atoms with Crippen molar-refractivity contribution in [1.82, 2.24) is 0 Å². The lowest BCUT2D eigenvalue weighted by Gasteiger charge is -2.19. The lowest BCUT2D eigenvalue weighted by Crippen LogP contribution is -2.08. The minimum atomic E-state index is -0.238. The fourth-order valence-corrected chi connectivity index (χ4v) is 3.01. The highest BCUT2D eigenvalue weighted by molar-refractivity contribution is 5.75. The fourth-order valence-electron chi connectivity index (χ4n) is 3.01. The van der Waals surface area contributed by atoms with Gasteiger partial charge in [-0.3, -0.25) is 4.79 Å². The smallest absolute Gasteiger partial charge is 0.308 e. The second kappa shape index (κ2) is 7.61. The summed E-state index contributed by atoms with van der Waals surface area (Å²) in [6.07, 6.45) is 3.57. The average Bonchev–Trinajstić information content (AvgIpc) is 3.30. The summed E-state index contributed by atoms with van der Waals surface area (Å²) in [7, 11) is 1.43. The molecule has 0 spiro atoms. The van der Waals surface area contributed by atoms with E-state index in [0.717, 1.165) is 37.0 Å². The maximum absolute atomic E-state index is 13.6. The summed E-state index contributed by atoms with van der Waals surface area (Å²) < 4.78 is 24.2. The van der Waals surface area contributed by atoms with E-state index >= 15 is 0 Å². The highest BCUT2D eigenvalue weighted by Gasteiger charge is 2.44. The molecular weight excluding hydrogens is 283 g/mol. The van der Waals surface area contributed by atoms with Gasteiger partial charge in [0.1, 0.15) is 11.6 Å². The van der Waals surface area contributed by atoms with Gasteiger partial charge in [0.05, 0.1) is 19.6 Å². The van der Waals surface area contributed by atoms with E-state index in [9.17, 15) is 9.18 Å². The standard InChI is InChI=1S/C18H25FO3/c1-4-8-22-17-7-6-14(19)11-15(17)12(5-2)9-13-10-16(13)18(20)21-3/h6-7,11-13,16H,4-5,8-10H2,1-3H3. The van der Waals surface area contributed by atoms with Crippen LogP contribution in [0.25, 0.3) is 0 Å². The second-order valence-corrected chi connectivity index (χ2v) is 6.00. The molecule has 3 unspecified atom stereocenters. The highest BCUT2D eigenvalue weighted by Crippen LogP contribution is 2.47. The van der Waals surface area contributed by atoms with E-state index in [2.05, 4.69) is 6.92 Å². The summed E-state index contributed by atoms with van der Waals surface area (Å²) in [6, 6.07) is 4.73. The normalized spacial score (nSPS) is 21.3. The molecule has 1 saturated carbocycles. The molecule has 0 N–H and O–H groups in total. The van der Waals surface area contributed by atoms with Crippen molar-refractivity contribution in [3.05, 3.63) is 29.6 Å². The number of hydrogen-bond donors (Lipinski definition) is 0. The number of ether oxygens (including phenoxy) is 2. The molecule has 0 radical (unpaired) electrons. The van der Waals surface area contributed by atoms with E-state index in [1.807, 2.05) is 6.92 Å².